The molecule has 0 bridgehead atoms. The topological polar surface area (TPSA) is 67.4 Å². The molecule has 3 rings (SSSR count). The number of carbonyl (C=O) groups is 1. The zero-order valence-corrected chi connectivity index (χ0v) is 14.5. The molecule has 1 aliphatic rings. The van der Waals surface area contributed by atoms with Gasteiger partial charge in [-0.1, -0.05) is 13.0 Å². The Bertz CT molecular complexity index is 687. The van der Waals surface area contributed by atoms with Crippen LogP contribution in [-0.4, -0.2) is 46.5 Å². The number of carbonyl (C=O) groups excluding carboxylic acids is 1. The quantitative estimate of drug-likeness (QED) is 0.876. The van der Waals surface area contributed by atoms with Crippen LogP contribution in [0.15, 0.2) is 42.9 Å². The smallest absolute Gasteiger partial charge is 0.254 e. The molecule has 1 aromatic carbocycles. The number of nitrogens with zero attached hydrogens (tertiary/aromatic N) is 3. The fraction of sp³-hybridized carbons (Fsp3) is 0.421. The Labute approximate surface area is 148 Å². The predicted octanol–water partition coefficient (Wildman–Crippen LogP) is 2.87. The number of hydrogen-bond donors (Lipinski definition) is 1. The van der Waals surface area contributed by atoms with Crippen molar-refractivity contribution in [2.24, 2.45) is 0 Å². The van der Waals surface area contributed by atoms with Crippen molar-refractivity contribution in [3.05, 3.63) is 48.4 Å². The molecule has 2 heterocycles. The fourth-order valence-corrected chi connectivity index (χ4v) is 3.13. The van der Waals surface area contributed by atoms with Gasteiger partial charge in [-0.3, -0.25) is 9.78 Å². The zero-order chi connectivity index (χ0) is 17.5. The minimum Gasteiger partial charge on any atom is -0.437 e. The molecule has 1 N–H and O–H groups in total. The molecule has 0 aliphatic carbocycles. The average molecular weight is 340 g/mol. The van der Waals surface area contributed by atoms with Crippen molar-refractivity contribution in [1.29, 1.82) is 0 Å². The minimum atomic E-state index is 0.0679. The lowest BCUT2D eigenvalue weighted by Gasteiger charge is -2.34. The lowest BCUT2D eigenvalue weighted by molar-refractivity contribution is 0.0642. The molecule has 1 aromatic heterocycles. The maximum absolute atomic E-state index is 13.1. The summed E-state index contributed by atoms with van der Waals surface area (Å²) in [4.78, 5) is 23.2. The van der Waals surface area contributed by atoms with E-state index in [9.17, 15) is 4.79 Å². The van der Waals surface area contributed by atoms with Crippen molar-refractivity contribution in [2.75, 3.05) is 19.6 Å². The molecule has 1 aliphatic heterocycles. The molecule has 2 aromatic rings. The van der Waals surface area contributed by atoms with E-state index in [0.29, 0.717) is 23.2 Å². The Balaban J connectivity index is 1.76. The Kier molecular flexibility index (Phi) is 5.95. The van der Waals surface area contributed by atoms with Gasteiger partial charge in [-0.15, -0.1) is 0 Å². The summed E-state index contributed by atoms with van der Waals surface area (Å²) in [6.07, 6.45) is 7.67. The summed E-state index contributed by atoms with van der Waals surface area (Å²) in [5.41, 5.74) is 0.647. The summed E-state index contributed by atoms with van der Waals surface area (Å²) in [7, 11) is 0. The third-order valence-electron chi connectivity index (χ3n) is 4.32. The number of nitrogens with one attached hydrogen (secondary N) is 1. The number of rotatable bonds is 6. The minimum absolute atomic E-state index is 0.0679. The molecule has 1 amide bonds. The Morgan fingerprint density at radius 1 is 1.32 bits per heavy atom. The van der Waals surface area contributed by atoms with Gasteiger partial charge in [0.05, 0.1) is 6.20 Å². The van der Waals surface area contributed by atoms with Crippen molar-refractivity contribution in [1.82, 2.24) is 20.2 Å². The lowest BCUT2D eigenvalue weighted by Crippen LogP contribution is -2.46. The van der Waals surface area contributed by atoms with Crippen molar-refractivity contribution >= 4 is 5.91 Å². The van der Waals surface area contributed by atoms with Gasteiger partial charge in [0.1, 0.15) is 5.75 Å². The lowest BCUT2D eigenvalue weighted by atomic mass is 10.0. The number of hydrogen-bond acceptors (Lipinski definition) is 5. The summed E-state index contributed by atoms with van der Waals surface area (Å²) in [6, 6.07) is 7.58. The second-order valence-electron chi connectivity index (χ2n) is 6.15. The molecular weight excluding hydrogens is 316 g/mol. The zero-order valence-electron chi connectivity index (χ0n) is 14.5. The first-order valence-electron chi connectivity index (χ1n) is 8.83. The standard InChI is InChI=1S/C19H24N4O2/c1-2-12-23(16-6-8-20-9-7-16)19(24)15-4-3-5-17(13-15)25-18-14-21-10-11-22-18/h3-5,10-11,13-14,16,20H,2,6-9,12H2,1H3. The van der Waals surface area contributed by atoms with Crippen LogP contribution in [0, 0.1) is 0 Å². The summed E-state index contributed by atoms with van der Waals surface area (Å²) >= 11 is 0. The van der Waals surface area contributed by atoms with Crippen molar-refractivity contribution in [3.63, 3.8) is 0 Å². The van der Waals surface area contributed by atoms with Crippen molar-refractivity contribution in [3.8, 4) is 11.6 Å². The predicted molar refractivity (Wildman–Crippen MR) is 95.8 cm³/mol. The van der Waals surface area contributed by atoms with Crippen LogP contribution in [-0.2, 0) is 0 Å². The first-order chi connectivity index (χ1) is 12.3. The number of ether oxygens (including phenoxy) is 1. The van der Waals surface area contributed by atoms with Gasteiger partial charge >= 0.3 is 0 Å². The first-order valence-corrected chi connectivity index (χ1v) is 8.83. The van der Waals surface area contributed by atoms with Crippen LogP contribution in [0.2, 0.25) is 0 Å². The van der Waals surface area contributed by atoms with E-state index < -0.39 is 0 Å². The molecule has 1 fully saturated rings. The molecule has 25 heavy (non-hydrogen) atoms. The van der Waals surface area contributed by atoms with E-state index >= 15 is 0 Å². The number of piperidine rings is 1. The van der Waals surface area contributed by atoms with E-state index in [1.807, 2.05) is 23.1 Å². The first kappa shape index (κ1) is 17.4. The highest BCUT2D eigenvalue weighted by atomic mass is 16.5. The molecule has 132 valence electrons. The van der Waals surface area contributed by atoms with Crippen LogP contribution in [0.1, 0.15) is 36.5 Å². The van der Waals surface area contributed by atoms with Gasteiger partial charge in [0.15, 0.2) is 0 Å². The van der Waals surface area contributed by atoms with Gasteiger partial charge < -0.3 is 15.0 Å². The third-order valence-corrected chi connectivity index (χ3v) is 4.32. The second-order valence-corrected chi connectivity index (χ2v) is 6.15. The maximum Gasteiger partial charge on any atom is 0.254 e. The second kappa shape index (κ2) is 8.58. The van der Waals surface area contributed by atoms with Crippen molar-refractivity contribution < 1.29 is 9.53 Å². The van der Waals surface area contributed by atoms with E-state index in [1.54, 1.807) is 24.7 Å². The average Bonchev–Trinajstić information content (AvgIpc) is 2.67. The summed E-state index contributed by atoms with van der Waals surface area (Å²) in [5.74, 6) is 1.07. The van der Waals surface area contributed by atoms with Crippen LogP contribution in [0.25, 0.3) is 0 Å². The van der Waals surface area contributed by atoms with Crippen LogP contribution >= 0.6 is 0 Å². The molecular formula is C19H24N4O2. The monoisotopic (exact) mass is 340 g/mol. The van der Waals surface area contributed by atoms with E-state index in [1.165, 1.54) is 0 Å². The Morgan fingerprint density at radius 2 is 2.16 bits per heavy atom. The van der Waals surface area contributed by atoms with E-state index in [0.717, 1.165) is 38.9 Å². The van der Waals surface area contributed by atoms with Crippen LogP contribution in [0.4, 0.5) is 0 Å². The van der Waals surface area contributed by atoms with E-state index in [-0.39, 0.29) is 5.91 Å². The van der Waals surface area contributed by atoms with E-state index in [2.05, 4.69) is 22.2 Å². The fourth-order valence-electron chi connectivity index (χ4n) is 3.13. The van der Waals surface area contributed by atoms with Crippen LogP contribution < -0.4 is 10.1 Å². The molecule has 0 saturated carbocycles. The molecule has 6 heteroatoms. The van der Waals surface area contributed by atoms with Gasteiger partial charge in [0, 0.05) is 30.5 Å². The molecule has 0 unspecified atom stereocenters. The maximum atomic E-state index is 13.1. The van der Waals surface area contributed by atoms with Gasteiger partial charge in [-0.2, -0.15) is 0 Å². The Hall–Kier alpha value is -2.47. The van der Waals surface area contributed by atoms with Crippen LogP contribution in [0.5, 0.6) is 11.6 Å². The van der Waals surface area contributed by atoms with Crippen molar-refractivity contribution in [2.45, 2.75) is 32.2 Å². The number of benzene rings is 1. The molecule has 1 saturated heterocycles. The molecule has 0 radical (unpaired) electrons. The highest BCUT2D eigenvalue weighted by Crippen LogP contribution is 2.22. The van der Waals surface area contributed by atoms with Crippen LogP contribution in [0.3, 0.4) is 0 Å². The molecule has 0 atom stereocenters. The highest BCUT2D eigenvalue weighted by molar-refractivity contribution is 5.94. The largest absolute Gasteiger partial charge is 0.437 e. The highest BCUT2D eigenvalue weighted by Gasteiger charge is 2.25. The molecule has 6 nitrogen and oxygen atoms in total. The normalized spacial score (nSPS) is 14.9. The molecule has 0 spiro atoms. The Morgan fingerprint density at radius 3 is 2.88 bits per heavy atom. The summed E-state index contributed by atoms with van der Waals surface area (Å²) < 4.78 is 5.70. The van der Waals surface area contributed by atoms with Gasteiger partial charge in [0.25, 0.3) is 5.91 Å². The summed E-state index contributed by atoms with van der Waals surface area (Å²) in [5, 5.41) is 3.36. The van der Waals surface area contributed by atoms with Gasteiger partial charge in [-0.25, -0.2) is 4.98 Å². The van der Waals surface area contributed by atoms with Gasteiger partial charge in [0.2, 0.25) is 5.88 Å². The van der Waals surface area contributed by atoms with E-state index in [4.69, 9.17) is 4.74 Å². The SMILES string of the molecule is CCCN(C(=O)c1cccc(Oc2cnccn2)c1)C1CCNCC1. The summed E-state index contributed by atoms with van der Waals surface area (Å²) in [6.45, 7) is 4.82. The number of amides is 1. The van der Waals surface area contributed by atoms with Gasteiger partial charge in [-0.05, 0) is 50.6 Å². The third kappa shape index (κ3) is 4.54. The number of aromatic nitrogens is 2.